The number of rotatable bonds is 4. The van der Waals surface area contributed by atoms with Gasteiger partial charge in [0.05, 0.1) is 16.1 Å². The van der Waals surface area contributed by atoms with Gasteiger partial charge >= 0.3 is 0 Å². The van der Waals surface area contributed by atoms with Crippen LogP contribution in [0.2, 0.25) is 0 Å². The number of likely N-dealkylation sites (tertiary alicyclic amines) is 1. The number of carbonyl (C=O) groups is 2. The Labute approximate surface area is 162 Å². The van der Waals surface area contributed by atoms with Crippen LogP contribution in [0.3, 0.4) is 0 Å². The highest BCUT2D eigenvalue weighted by atomic mass is 32.1. The fraction of sp³-hybridized carbons (Fsp3) is 0.182. The summed E-state index contributed by atoms with van der Waals surface area (Å²) in [6.07, 6.45) is 0.958. The second-order valence-electron chi connectivity index (χ2n) is 6.62. The zero-order chi connectivity index (χ0) is 18.6. The van der Waals surface area contributed by atoms with Crippen LogP contribution in [0, 0.1) is 0 Å². The second kappa shape index (κ2) is 7.76. The summed E-state index contributed by atoms with van der Waals surface area (Å²) >= 11 is 1.38. The van der Waals surface area contributed by atoms with Gasteiger partial charge in [0.25, 0.3) is 11.8 Å². The second-order valence-corrected chi connectivity index (χ2v) is 7.57. The van der Waals surface area contributed by atoms with Gasteiger partial charge in [0, 0.05) is 19.0 Å². The van der Waals surface area contributed by atoms with Crippen LogP contribution in [-0.4, -0.2) is 29.8 Å². The van der Waals surface area contributed by atoms with Crippen LogP contribution in [0.4, 0.5) is 5.69 Å². The number of hydrogen-bond acceptors (Lipinski definition) is 3. The predicted molar refractivity (Wildman–Crippen MR) is 108 cm³/mol. The van der Waals surface area contributed by atoms with Crippen molar-refractivity contribution in [2.75, 3.05) is 18.4 Å². The first-order valence-corrected chi connectivity index (χ1v) is 9.88. The van der Waals surface area contributed by atoms with Crippen LogP contribution in [-0.2, 0) is 0 Å². The normalized spacial score (nSPS) is 16.3. The summed E-state index contributed by atoms with van der Waals surface area (Å²) in [6, 6.07) is 21.2. The highest BCUT2D eigenvalue weighted by Gasteiger charge is 2.29. The third kappa shape index (κ3) is 3.78. The number of thiophene rings is 1. The topological polar surface area (TPSA) is 49.4 Å². The van der Waals surface area contributed by atoms with Crippen molar-refractivity contribution in [3.63, 3.8) is 0 Å². The highest BCUT2D eigenvalue weighted by molar-refractivity contribution is 7.12. The number of amides is 2. The maximum atomic E-state index is 13.1. The van der Waals surface area contributed by atoms with Gasteiger partial charge in [0.2, 0.25) is 0 Å². The monoisotopic (exact) mass is 376 g/mol. The van der Waals surface area contributed by atoms with Gasteiger partial charge in [-0.1, -0.05) is 48.5 Å². The molecule has 0 bridgehead atoms. The number of nitrogens with one attached hydrogen (secondary N) is 1. The third-order valence-corrected chi connectivity index (χ3v) is 5.77. The van der Waals surface area contributed by atoms with Gasteiger partial charge in [-0.2, -0.15) is 0 Å². The molecule has 136 valence electrons. The molecule has 1 unspecified atom stereocenters. The average Bonchev–Trinajstić information content (AvgIpc) is 3.41. The zero-order valence-corrected chi connectivity index (χ0v) is 15.6. The van der Waals surface area contributed by atoms with Crippen molar-refractivity contribution in [3.05, 3.63) is 88.1 Å². The Bertz CT molecular complexity index is 938. The lowest BCUT2D eigenvalue weighted by molar-refractivity contribution is 0.0792. The van der Waals surface area contributed by atoms with E-state index in [-0.39, 0.29) is 11.8 Å². The van der Waals surface area contributed by atoms with E-state index >= 15 is 0 Å². The summed E-state index contributed by atoms with van der Waals surface area (Å²) < 4.78 is 0. The first-order valence-electron chi connectivity index (χ1n) is 9.00. The number of benzene rings is 2. The van der Waals surface area contributed by atoms with Crippen LogP contribution >= 0.6 is 11.3 Å². The molecule has 0 spiro atoms. The molecule has 2 heterocycles. The van der Waals surface area contributed by atoms with E-state index in [9.17, 15) is 9.59 Å². The molecule has 0 aliphatic carbocycles. The summed E-state index contributed by atoms with van der Waals surface area (Å²) in [6.45, 7) is 1.43. The lowest BCUT2D eigenvalue weighted by atomic mass is 9.99. The van der Waals surface area contributed by atoms with E-state index in [1.807, 2.05) is 46.7 Å². The Morgan fingerprint density at radius 3 is 2.52 bits per heavy atom. The summed E-state index contributed by atoms with van der Waals surface area (Å²) in [7, 11) is 0. The fourth-order valence-electron chi connectivity index (χ4n) is 3.48. The van der Waals surface area contributed by atoms with E-state index < -0.39 is 0 Å². The molecule has 2 amide bonds. The van der Waals surface area contributed by atoms with Gasteiger partial charge in [-0.15, -0.1) is 11.3 Å². The molecule has 4 rings (SSSR count). The van der Waals surface area contributed by atoms with Gasteiger partial charge in [-0.25, -0.2) is 0 Å². The SMILES string of the molecule is O=C(Nc1ccccc1C(=O)N1CCC(c2ccccc2)C1)c1cccs1. The molecule has 1 aliphatic rings. The smallest absolute Gasteiger partial charge is 0.265 e. The van der Waals surface area contributed by atoms with E-state index in [1.165, 1.54) is 16.9 Å². The highest BCUT2D eigenvalue weighted by Crippen LogP contribution is 2.29. The molecule has 0 radical (unpaired) electrons. The van der Waals surface area contributed by atoms with E-state index in [0.717, 1.165) is 13.0 Å². The predicted octanol–water partition coefficient (Wildman–Crippen LogP) is 4.63. The first-order chi connectivity index (χ1) is 13.2. The Balaban J connectivity index is 1.50. The van der Waals surface area contributed by atoms with Crippen LogP contribution in [0.1, 0.15) is 37.9 Å². The molecule has 5 heteroatoms. The van der Waals surface area contributed by atoms with Crippen molar-refractivity contribution in [2.24, 2.45) is 0 Å². The molecular formula is C22H20N2O2S. The molecule has 1 aromatic heterocycles. The number of para-hydroxylation sites is 1. The third-order valence-electron chi connectivity index (χ3n) is 4.90. The Morgan fingerprint density at radius 2 is 1.74 bits per heavy atom. The largest absolute Gasteiger partial charge is 0.338 e. The van der Waals surface area contributed by atoms with Crippen molar-refractivity contribution in [1.29, 1.82) is 0 Å². The number of hydrogen-bond donors (Lipinski definition) is 1. The van der Waals surface area contributed by atoms with Crippen molar-refractivity contribution < 1.29 is 9.59 Å². The van der Waals surface area contributed by atoms with Crippen LogP contribution < -0.4 is 5.32 Å². The molecule has 1 N–H and O–H groups in total. The Morgan fingerprint density at radius 1 is 0.963 bits per heavy atom. The zero-order valence-electron chi connectivity index (χ0n) is 14.8. The van der Waals surface area contributed by atoms with Gasteiger partial charge in [0.15, 0.2) is 0 Å². The molecule has 1 fully saturated rings. The van der Waals surface area contributed by atoms with E-state index in [2.05, 4.69) is 17.4 Å². The Hall–Kier alpha value is -2.92. The van der Waals surface area contributed by atoms with Crippen LogP contribution in [0.5, 0.6) is 0 Å². The molecule has 0 saturated carbocycles. The minimum Gasteiger partial charge on any atom is -0.338 e. The average molecular weight is 376 g/mol. The molecule has 1 saturated heterocycles. The number of nitrogens with zero attached hydrogens (tertiary/aromatic N) is 1. The van der Waals surface area contributed by atoms with Crippen molar-refractivity contribution in [3.8, 4) is 0 Å². The number of anilines is 1. The molecule has 3 aromatic rings. The van der Waals surface area contributed by atoms with Crippen LogP contribution in [0.15, 0.2) is 72.1 Å². The maximum Gasteiger partial charge on any atom is 0.265 e. The number of carbonyl (C=O) groups excluding carboxylic acids is 2. The first kappa shape index (κ1) is 17.5. The molecule has 27 heavy (non-hydrogen) atoms. The maximum absolute atomic E-state index is 13.1. The lowest BCUT2D eigenvalue weighted by Crippen LogP contribution is -2.29. The minimum atomic E-state index is -0.186. The van der Waals surface area contributed by atoms with E-state index in [1.54, 1.807) is 18.2 Å². The summed E-state index contributed by atoms with van der Waals surface area (Å²) in [5.74, 6) is 0.146. The molecule has 2 aromatic carbocycles. The molecule has 4 nitrogen and oxygen atoms in total. The summed E-state index contributed by atoms with van der Waals surface area (Å²) in [4.78, 5) is 28.0. The van der Waals surface area contributed by atoms with Crippen molar-refractivity contribution in [1.82, 2.24) is 4.90 Å². The van der Waals surface area contributed by atoms with E-state index in [4.69, 9.17) is 0 Å². The van der Waals surface area contributed by atoms with Gasteiger partial charge in [0.1, 0.15) is 0 Å². The molecule has 1 aliphatic heterocycles. The van der Waals surface area contributed by atoms with Gasteiger partial charge < -0.3 is 10.2 Å². The van der Waals surface area contributed by atoms with E-state index in [0.29, 0.717) is 28.6 Å². The fourth-order valence-corrected chi connectivity index (χ4v) is 4.10. The Kier molecular flexibility index (Phi) is 5.03. The lowest BCUT2D eigenvalue weighted by Gasteiger charge is -2.19. The molecule has 1 atom stereocenters. The van der Waals surface area contributed by atoms with Gasteiger partial charge in [-0.3, -0.25) is 9.59 Å². The standard InChI is InChI=1S/C22H20N2O2S/c25-21(20-11-6-14-27-20)23-19-10-5-4-9-18(19)22(26)24-13-12-17(15-24)16-7-2-1-3-8-16/h1-11,14,17H,12-13,15H2,(H,23,25). The van der Waals surface area contributed by atoms with Crippen molar-refractivity contribution in [2.45, 2.75) is 12.3 Å². The molecular weight excluding hydrogens is 356 g/mol. The summed E-state index contributed by atoms with van der Waals surface area (Å²) in [5.41, 5.74) is 2.37. The van der Waals surface area contributed by atoms with Crippen LogP contribution in [0.25, 0.3) is 0 Å². The minimum absolute atomic E-state index is 0.0319. The van der Waals surface area contributed by atoms with Crippen molar-refractivity contribution >= 4 is 28.8 Å². The summed E-state index contributed by atoms with van der Waals surface area (Å²) in [5, 5.41) is 4.75. The van der Waals surface area contributed by atoms with Gasteiger partial charge in [-0.05, 0) is 35.6 Å². The quantitative estimate of drug-likeness (QED) is 0.722.